The van der Waals surface area contributed by atoms with Crippen LogP contribution in [-0.4, -0.2) is 61.1 Å². The molecule has 1 rings (SSSR count). The fourth-order valence-electron chi connectivity index (χ4n) is 1.54. The largest absolute Gasteiger partial charge is 0.392 e. The van der Waals surface area contributed by atoms with E-state index in [0.29, 0.717) is 13.1 Å². The molecule has 1 aliphatic rings. The molecule has 7 heteroatoms. The van der Waals surface area contributed by atoms with E-state index in [0.717, 1.165) is 6.54 Å². The van der Waals surface area contributed by atoms with Crippen molar-refractivity contribution in [2.45, 2.75) is 13.0 Å². The van der Waals surface area contributed by atoms with Gasteiger partial charge in [0.2, 0.25) is 10.0 Å². The summed E-state index contributed by atoms with van der Waals surface area (Å²) in [6.45, 7) is 3.79. The Bertz CT molecular complexity index is 342. The molecule has 0 aromatic rings. The predicted octanol–water partition coefficient (Wildman–Crippen LogP) is -0.762. The van der Waals surface area contributed by atoms with Crippen LogP contribution < -0.4 is 5.73 Å². The topological polar surface area (TPSA) is 66.6 Å². The fourth-order valence-corrected chi connectivity index (χ4v) is 3.33. The number of thiocarbonyl (C=S) groups is 1. The lowest BCUT2D eigenvalue weighted by molar-refractivity contribution is 0.160. The Morgan fingerprint density at radius 3 is 2.60 bits per heavy atom. The van der Waals surface area contributed by atoms with Gasteiger partial charge in [0, 0.05) is 25.7 Å². The number of nitrogens with two attached hydrogens (primary N) is 1. The van der Waals surface area contributed by atoms with Gasteiger partial charge in [0.25, 0.3) is 0 Å². The Balaban J connectivity index is 2.69. The van der Waals surface area contributed by atoms with Gasteiger partial charge in [0.05, 0.1) is 4.99 Å². The summed E-state index contributed by atoms with van der Waals surface area (Å²) in [4.78, 5) is 2.16. The van der Waals surface area contributed by atoms with Gasteiger partial charge in [0.1, 0.15) is 5.75 Å². The molecule has 1 saturated heterocycles. The lowest BCUT2D eigenvalue weighted by Gasteiger charge is -2.36. The van der Waals surface area contributed by atoms with Crippen LogP contribution in [0.15, 0.2) is 0 Å². The Kier molecular flexibility index (Phi) is 4.05. The second-order valence-corrected chi connectivity index (χ2v) is 6.40. The highest BCUT2D eigenvalue weighted by Crippen LogP contribution is 2.11. The summed E-state index contributed by atoms with van der Waals surface area (Å²) in [6.07, 6.45) is 0. The molecule has 1 heterocycles. The molecular formula is C8H17N3O2S2. The number of rotatable bonds is 3. The number of hydrogen-bond acceptors (Lipinski definition) is 4. The van der Waals surface area contributed by atoms with E-state index in [4.69, 9.17) is 5.73 Å². The van der Waals surface area contributed by atoms with Gasteiger partial charge in [-0.1, -0.05) is 12.2 Å². The molecule has 0 saturated carbocycles. The van der Waals surface area contributed by atoms with E-state index >= 15 is 0 Å². The van der Waals surface area contributed by atoms with Gasteiger partial charge in [0.15, 0.2) is 0 Å². The first-order valence-corrected chi connectivity index (χ1v) is 6.81. The highest BCUT2D eigenvalue weighted by Gasteiger charge is 2.29. The smallest absolute Gasteiger partial charge is 0.220 e. The van der Waals surface area contributed by atoms with Crippen LogP contribution in [0.1, 0.15) is 6.92 Å². The van der Waals surface area contributed by atoms with Crippen molar-refractivity contribution in [3.05, 3.63) is 0 Å². The summed E-state index contributed by atoms with van der Waals surface area (Å²) in [7, 11) is -1.31. The van der Waals surface area contributed by atoms with Gasteiger partial charge in [-0.3, -0.25) is 0 Å². The van der Waals surface area contributed by atoms with Crippen molar-refractivity contribution >= 4 is 27.2 Å². The van der Waals surface area contributed by atoms with Crippen LogP contribution >= 0.6 is 12.2 Å². The van der Waals surface area contributed by atoms with Gasteiger partial charge < -0.3 is 10.6 Å². The van der Waals surface area contributed by atoms with Crippen LogP contribution in [0, 0.1) is 0 Å². The minimum absolute atomic E-state index is 0.0292. The molecule has 15 heavy (non-hydrogen) atoms. The third kappa shape index (κ3) is 3.37. The van der Waals surface area contributed by atoms with Gasteiger partial charge >= 0.3 is 0 Å². The monoisotopic (exact) mass is 251 g/mol. The Morgan fingerprint density at radius 2 is 2.13 bits per heavy atom. The van der Waals surface area contributed by atoms with Gasteiger partial charge in [-0.2, -0.15) is 4.31 Å². The van der Waals surface area contributed by atoms with Crippen molar-refractivity contribution in [3.63, 3.8) is 0 Å². The van der Waals surface area contributed by atoms with Crippen molar-refractivity contribution < 1.29 is 8.42 Å². The quantitative estimate of drug-likeness (QED) is 0.668. The van der Waals surface area contributed by atoms with Crippen LogP contribution in [0.25, 0.3) is 0 Å². The van der Waals surface area contributed by atoms with Gasteiger partial charge in [-0.05, 0) is 14.0 Å². The van der Waals surface area contributed by atoms with Crippen molar-refractivity contribution in [2.24, 2.45) is 5.73 Å². The number of likely N-dealkylation sites (N-methyl/N-ethyl adjacent to an activating group) is 1. The molecule has 0 bridgehead atoms. The molecule has 1 aliphatic heterocycles. The number of sulfonamides is 1. The first kappa shape index (κ1) is 12.8. The molecule has 88 valence electrons. The zero-order valence-corrected chi connectivity index (χ0v) is 10.6. The van der Waals surface area contributed by atoms with Crippen LogP contribution in [0.3, 0.4) is 0 Å². The first-order chi connectivity index (χ1) is 6.83. The van der Waals surface area contributed by atoms with Crippen LogP contribution in [0.2, 0.25) is 0 Å². The zero-order chi connectivity index (χ0) is 11.6. The maximum atomic E-state index is 11.8. The summed E-state index contributed by atoms with van der Waals surface area (Å²) in [5.74, 6) is -0.223. The van der Waals surface area contributed by atoms with Gasteiger partial charge in [-0.25, -0.2) is 8.42 Å². The molecular weight excluding hydrogens is 234 g/mol. The summed E-state index contributed by atoms with van der Waals surface area (Å²) < 4.78 is 25.0. The molecule has 1 unspecified atom stereocenters. The average molecular weight is 251 g/mol. The summed E-state index contributed by atoms with van der Waals surface area (Å²) in [5, 5.41) is 0. The molecule has 0 aromatic heterocycles. The Hall–Kier alpha value is -0.240. The maximum Gasteiger partial charge on any atom is 0.220 e. The van der Waals surface area contributed by atoms with E-state index in [1.165, 1.54) is 4.31 Å². The zero-order valence-electron chi connectivity index (χ0n) is 9.01. The first-order valence-electron chi connectivity index (χ1n) is 4.79. The molecule has 0 aromatic carbocycles. The summed E-state index contributed by atoms with van der Waals surface area (Å²) in [5.41, 5.74) is 5.26. The van der Waals surface area contributed by atoms with E-state index in [9.17, 15) is 8.42 Å². The minimum atomic E-state index is -3.30. The second-order valence-electron chi connectivity index (χ2n) is 3.91. The minimum Gasteiger partial charge on any atom is -0.392 e. The fraction of sp³-hybridized carbons (Fsp3) is 0.875. The molecule has 1 atom stereocenters. The van der Waals surface area contributed by atoms with Crippen LogP contribution in [0.4, 0.5) is 0 Å². The molecule has 0 amide bonds. The standard InChI is InChI=1S/C8H17N3O2S2/c1-7-5-11(4-3-10(7)2)15(12,13)6-8(9)14/h7H,3-6H2,1-2H3,(H2,9,14). The lowest BCUT2D eigenvalue weighted by Crippen LogP contribution is -2.53. The highest BCUT2D eigenvalue weighted by atomic mass is 32.2. The number of nitrogens with zero attached hydrogens (tertiary/aromatic N) is 2. The highest BCUT2D eigenvalue weighted by molar-refractivity contribution is 7.92. The third-order valence-electron chi connectivity index (χ3n) is 2.64. The SMILES string of the molecule is CC1CN(S(=O)(=O)CC(N)=S)CCN1C. The number of piperazine rings is 1. The number of hydrogen-bond donors (Lipinski definition) is 1. The predicted molar refractivity (Wildman–Crippen MR) is 64.2 cm³/mol. The van der Waals surface area contributed by atoms with E-state index in [2.05, 4.69) is 17.1 Å². The van der Waals surface area contributed by atoms with E-state index in [-0.39, 0.29) is 16.8 Å². The van der Waals surface area contributed by atoms with Crippen molar-refractivity contribution in [1.29, 1.82) is 0 Å². The molecule has 5 nitrogen and oxygen atoms in total. The van der Waals surface area contributed by atoms with Crippen LogP contribution in [0.5, 0.6) is 0 Å². The van der Waals surface area contributed by atoms with E-state index in [1.807, 2.05) is 14.0 Å². The van der Waals surface area contributed by atoms with E-state index < -0.39 is 10.0 Å². The van der Waals surface area contributed by atoms with Crippen molar-refractivity contribution in [3.8, 4) is 0 Å². The summed E-state index contributed by atoms with van der Waals surface area (Å²) >= 11 is 4.63. The second kappa shape index (κ2) is 4.73. The Morgan fingerprint density at radius 1 is 1.53 bits per heavy atom. The van der Waals surface area contributed by atoms with Crippen LogP contribution in [-0.2, 0) is 10.0 Å². The van der Waals surface area contributed by atoms with E-state index in [1.54, 1.807) is 0 Å². The third-order valence-corrected chi connectivity index (χ3v) is 4.76. The summed E-state index contributed by atoms with van der Waals surface area (Å²) in [6, 6.07) is 0.236. The molecule has 2 N–H and O–H groups in total. The molecule has 0 aliphatic carbocycles. The average Bonchev–Trinajstić information content (AvgIpc) is 2.07. The van der Waals surface area contributed by atoms with Crippen molar-refractivity contribution in [2.75, 3.05) is 32.4 Å². The van der Waals surface area contributed by atoms with Gasteiger partial charge in [-0.15, -0.1) is 0 Å². The molecule has 0 spiro atoms. The molecule has 1 fully saturated rings. The van der Waals surface area contributed by atoms with Crippen molar-refractivity contribution in [1.82, 2.24) is 9.21 Å². The normalized spacial score (nSPS) is 25.3. The molecule has 0 radical (unpaired) electrons. The Labute approximate surface area is 96.3 Å². The lowest BCUT2D eigenvalue weighted by atomic mass is 10.2. The maximum absolute atomic E-state index is 11.8.